The van der Waals surface area contributed by atoms with E-state index in [4.69, 9.17) is 0 Å². The molecule has 6 heteroatoms. The number of carbonyl (C=O) groups excluding carboxylic acids is 2. The fourth-order valence-electron chi connectivity index (χ4n) is 7.89. The lowest BCUT2D eigenvalue weighted by atomic mass is 9.48. The molecule has 4 aliphatic rings. The Balaban J connectivity index is 1.37. The van der Waals surface area contributed by atoms with Crippen LogP contribution in [0.1, 0.15) is 62.7 Å². The lowest BCUT2D eigenvalue weighted by molar-refractivity contribution is -0.138. The molecule has 1 N–H and O–H groups in total. The summed E-state index contributed by atoms with van der Waals surface area (Å²) >= 11 is 0. The molecule has 4 nitrogen and oxygen atoms in total. The molecule has 1 aromatic rings. The zero-order valence-corrected chi connectivity index (χ0v) is 19.0. The normalized spacial score (nSPS) is 40.5. The molecule has 0 radical (unpaired) electrons. The van der Waals surface area contributed by atoms with Crippen molar-refractivity contribution in [2.24, 2.45) is 28.6 Å². The van der Waals surface area contributed by atoms with Gasteiger partial charge in [0.2, 0.25) is 5.91 Å². The number of carbonyl (C=O) groups is 2. The van der Waals surface area contributed by atoms with Gasteiger partial charge in [0.1, 0.15) is 11.6 Å². The lowest BCUT2D eigenvalue weighted by Crippen LogP contribution is -2.60. The van der Waals surface area contributed by atoms with Gasteiger partial charge in [-0.25, -0.2) is 8.78 Å². The van der Waals surface area contributed by atoms with E-state index in [0.29, 0.717) is 17.8 Å². The van der Waals surface area contributed by atoms with E-state index in [-0.39, 0.29) is 34.4 Å². The van der Waals surface area contributed by atoms with Crippen LogP contribution in [-0.4, -0.2) is 35.8 Å². The molecule has 172 valence electrons. The Morgan fingerprint density at radius 2 is 1.88 bits per heavy atom. The molecule has 7 atom stereocenters. The fourth-order valence-corrected chi connectivity index (χ4v) is 7.89. The van der Waals surface area contributed by atoms with Crippen molar-refractivity contribution in [3.63, 3.8) is 0 Å². The number of amides is 2. The molecule has 5 rings (SSSR count). The van der Waals surface area contributed by atoms with Crippen LogP contribution in [0.5, 0.6) is 0 Å². The molecule has 1 heterocycles. The van der Waals surface area contributed by atoms with E-state index in [1.807, 2.05) is 11.9 Å². The summed E-state index contributed by atoms with van der Waals surface area (Å²) in [5, 5.41) is 3.10. The Kier molecular flexibility index (Phi) is 4.99. The minimum absolute atomic E-state index is 0.00845. The van der Waals surface area contributed by atoms with Crippen LogP contribution in [0.25, 0.3) is 0 Å². The Hall–Kier alpha value is -2.24. The van der Waals surface area contributed by atoms with Crippen molar-refractivity contribution in [3.8, 4) is 0 Å². The highest BCUT2D eigenvalue weighted by atomic mass is 19.1. The zero-order chi connectivity index (χ0) is 22.8. The molecule has 0 spiro atoms. The highest BCUT2D eigenvalue weighted by Crippen LogP contribution is 2.63. The minimum atomic E-state index is -0.820. The van der Waals surface area contributed by atoms with Gasteiger partial charge in [-0.1, -0.05) is 19.9 Å². The standard InChI is InChI=1S/C26H32F2N2O2/c1-25-12-10-19-16(6-9-22-26(19,2)13-11-23(31)30(22)3)18(25)7-8-21(25)29-24(32)17-5-4-15(27)14-20(17)28/h4-5,11,13-14,16,18-19,21-22H,6-10,12H2,1-3H3,(H,29,32)/t16-,18-,19-,21-,22+,25-,26+/m0/s1. The first-order chi connectivity index (χ1) is 15.1. The number of likely N-dealkylation sites (N-methyl/N-ethyl adjacent to an activating group) is 1. The van der Waals surface area contributed by atoms with Gasteiger partial charge in [-0.2, -0.15) is 0 Å². The van der Waals surface area contributed by atoms with Crippen LogP contribution in [0.4, 0.5) is 8.78 Å². The third kappa shape index (κ3) is 3.05. The summed E-state index contributed by atoms with van der Waals surface area (Å²) in [7, 11) is 1.93. The first-order valence-corrected chi connectivity index (χ1v) is 11.9. The summed E-state index contributed by atoms with van der Waals surface area (Å²) in [6, 6.07) is 3.35. The second kappa shape index (κ2) is 7.39. The maximum absolute atomic E-state index is 14.1. The van der Waals surface area contributed by atoms with Gasteiger partial charge in [-0.15, -0.1) is 0 Å². The molecule has 0 unspecified atom stereocenters. The Bertz CT molecular complexity index is 994. The molecular formula is C26H32F2N2O2. The molecular weight excluding hydrogens is 410 g/mol. The predicted molar refractivity (Wildman–Crippen MR) is 118 cm³/mol. The van der Waals surface area contributed by atoms with Crippen molar-refractivity contribution < 1.29 is 18.4 Å². The number of fused-ring (bicyclic) bond motifs is 5. The van der Waals surface area contributed by atoms with E-state index in [9.17, 15) is 18.4 Å². The van der Waals surface area contributed by atoms with Crippen molar-refractivity contribution in [2.45, 2.75) is 64.5 Å². The summed E-state index contributed by atoms with van der Waals surface area (Å²) in [4.78, 5) is 27.0. The van der Waals surface area contributed by atoms with Crippen molar-refractivity contribution in [1.82, 2.24) is 10.2 Å². The van der Waals surface area contributed by atoms with Gasteiger partial charge in [0.25, 0.3) is 5.91 Å². The zero-order valence-electron chi connectivity index (χ0n) is 19.0. The number of halogens is 2. The van der Waals surface area contributed by atoms with Crippen LogP contribution >= 0.6 is 0 Å². The number of nitrogens with one attached hydrogen (secondary N) is 1. The maximum atomic E-state index is 14.1. The van der Waals surface area contributed by atoms with E-state index in [0.717, 1.165) is 50.7 Å². The summed E-state index contributed by atoms with van der Waals surface area (Å²) in [6.07, 6.45) is 10.0. The van der Waals surface area contributed by atoms with Crippen LogP contribution in [0.15, 0.2) is 30.4 Å². The Morgan fingerprint density at radius 3 is 2.62 bits per heavy atom. The smallest absolute Gasteiger partial charge is 0.254 e. The molecule has 0 aromatic heterocycles. The quantitative estimate of drug-likeness (QED) is 0.722. The average molecular weight is 443 g/mol. The molecule has 2 amide bonds. The SMILES string of the molecule is CN1C(=O)C=C[C@]2(C)[C@H]3CC[C@]4(C)[C@@H](NC(=O)c5ccc(F)cc5F)CC[C@H]4[C@@H]3CC[C@@H]12. The van der Waals surface area contributed by atoms with Crippen LogP contribution < -0.4 is 5.32 Å². The van der Waals surface area contributed by atoms with E-state index < -0.39 is 17.5 Å². The summed E-state index contributed by atoms with van der Waals surface area (Å²) in [5.41, 5.74) is -0.137. The van der Waals surface area contributed by atoms with E-state index in [1.54, 1.807) is 6.08 Å². The molecule has 32 heavy (non-hydrogen) atoms. The molecule has 3 aliphatic carbocycles. The van der Waals surface area contributed by atoms with Crippen molar-refractivity contribution in [1.29, 1.82) is 0 Å². The van der Waals surface area contributed by atoms with Gasteiger partial charge in [0.05, 0.1) is 5.56 Å². The molecule has 1 aliphatic heterocycles. The first-order valence-electron chi connectivity index (χ1n) is 11.9. The number of rotatable bonds is 2. The highest BCUT2D eigenvalue weighted by molar-refractivity contribution is 5.94. The van der Waals surface area contributed by atoms with Crippen LogP contribution in [0.3, 0.4) is 0 Å². The van der Waals surface area contributed by atoms with Gasteiger partial charge >= 0.3 is 0 Å². The molecule has 0 saturated heterocycles. The Labute approximate surface area is 188 Å². The second-order valence-electron chi connectivity index (χ2n) is 10.9. The summed E-state index contributed by atoms with van der Waals surface area (Å²) in [6.45, 7) is 4.61. The predicted octanol–water partition coefficient (Wildman–Crippen LogP) is 4.70. The highest BCUT2D eigenvalue weighted by Gasteiger charge is 2.60. The Morgan fingerprint density at radius 1 is 1.09 bits per heavy atom. The van der Waals surface area contributed by atoms with Crippen LogP contribution in [0.2, 0.25) is 0 Å². The van der Waals surface area contributed by atoms with Crippen LogP contribution in [-0.2, 0) is 4.79 Å². The fraction of sp³-hybridized carbons (Fsp3) is 0.615. The molecule has 0 bridgehead atoms. The van der Waals surface area contributed by atoms with E-state index in [1.165, 1.54) is 6.07 Å². The lowest BCUT2D eigenvalue weighted by Gasteiger charge is -2.60. The molecule has 3 saturated carbocycles. The number of hydrogen-bond donors (Lipinski definition) is 1. The topological polar surface area (TPSA) is 49.4 Å². The van der Waals surface area contributed by atoms with Crippen molar-refractivity contribution in [3.05, 3.63) is 47.5 Å². The molecule has 1 aromatic carbocycles. The van der Waals surface area contributed by atoms with Gasteiger partial charge in [0, 0.05) is 30.6 Å². The summed E-state index contributed by atoms with van der Waals surface area (Å²) < 4.78 is 27.4. The molecule has 3 fully saturated rings. The third-order valence-electron chi connectivity index (χ3n) is 9.61. The van der Waals surface area contributed by atoms with Gasteiger partial charge in [-0.3, -0.25) is 9.59 Å². The second-order valence-corrected chi connectivity index (χ2v) is 10.9. The van der Waals surface area contributed by atoms with Gasteiger partial charge < -0.3 is 10.2 Å². The first kappa shape index (κ1) is 21.6. The minimum Gasteiger partial charge on any atom is -0.349 e. The maximum Gasteiger partial charge on any atom is 0.254 e. The van der Waals surface area contributed by atoms with E-state index in [2.05, 4.69) is 25.2 Å². The number of benzene rings is 1. The van der Waals surface area contributed by atoms with Gasteiger partial charge in [-0.05, 0) is 79.9 Å². The largest absolute Gasteiger partial charge is 0.349 e. The van der Waals surface area contributed by atoms with E-state index >= 15 is 0 Å². The average Bonchev–Trinajstić information content (AvgIpc) is 3.07. The number of nitrogens with zero attached hydrogens (tertiary/aromatic N) is 1. The van der Waals surface area contributed by atoms with Crippen molar-refractivity contribution >= 4 is 11.8 Å². The van der Waals surface area contributed by atoms with Crippen molar-refractivity contribution in [2.75, 3.05) is 7.05 Å². The van der Waals surface area contributed by atoms with Gasteiger partial charge in [0.15, 0.2) is 0 Å². The number of hydrogen-bond acceptors (Lipinski definition) is 2. The summed E-state index contributed by atoms with van der Waals surface area (Å²) in [5.74, 6) is -0.274. The monoisotopic (exact) mass is 442 g/mol. The van der Waals surface area contributed by atoms with Crippen LogP contribution in [0, 0.1) is 40.2 Å². The third-order valence-corrected chi connectivity index (χ3v) is 9.61.